The fraction of sp³-hybridized carbons (Fsp3) is 0.632. The molecule has 0 aliphatic heterocycles. The van der Waals surface area contributed by atoms with Gasteiger partial charge in [-0.2, -0.15) is 0 Å². The topological polar surface area (TPSA) is 58.1 Å². The minimum absolute atomic E-state index is 0.188. The number of nitrogens with one attached hydrogen (secondary N) is 2. The third-order valence-corrected chi connectivity index (χ3v) is 4.02. The maximum Gasteiger partial charge on any atom is 0.191 e. The Morgan fingerprint density at radius 3 is 2.60 bits per heavy atom. The molecule has 0 aliphatic carbocycles. The number of ether oxygens (including phenoxy) is 2. The smallest absolute Gasteiger partial charge is 0.191 e. The van der Waals surface area contributed by atoms with Crippen molar-refractivity contribution in [1.29, 1.82) is 0 Å². The highest BCUT2D eigenvalue weighted by Gasteiger charge is 2.18. The van der Waals surface area contributed by atoms with Gasteiger partial charge < -0.3 is 25.0 Å². The molecule has 0 radical (unpaired) electrons. The van der Waals surface area contributed by atoms with Crippen molar-refractivity contribution in [2.24, 2.45) is 4.99 Å². The van der Waals surface area contributed by atoms with Crippen LogP contribution in [0.15, 0.2) is 29.3 Å². The van der Waals surface area contributed by atoms with Crippen LogP contribution in [0.3, 0.4) is 0 Å². The van der Waals surface area contributed by atoms with Crippen molar-refractivity contribution in [3.05, 3.63) is 29.8 Å². The lowest BCUT2D eigenvalue weighted by molar-refractivity contribution is 0.143. The fourth-order valence-corrected chi connectivity index (χ4v) is 2.61. The summed E-state index contributed by atoms with van der Waals surface area (Å²) in [6.07, 6.45) is 2.11. The van der Waals surface area contributed by atoms with E-state index >= 15 is 0 Å². The Hall–Kier alpha value is -1.79. The van der Waals surface area contributed by atoms with Gasteiger partial charge in [0.05, 0.1) is 13.2 Å². The van der Waals surface area contributed by atoms with E-state index in [9.17, 15) is 0 Å². The molecule has 0 saturated carbocycles. The lowest BCUT2D eigenvalue weighted by Crippen LogP contribution is -2.42. The third kappa shape index (κ3) is 7.75. The number of methoxy groups -OCH3 is 1. The summed E-state index contributed by atoms with van der Waals surface area (Å²) in [5, 5.41) is 6.77. The average Bonchev–Trinajstić information content (AvgIpc) is 2.63. The summed E-state index contributed by atoms with van der Waals surface area (Å²) in [6.45, 7) is 5.25. The number of rotatable bonds is 11. The summed E-state index contributed by atoms with van der Waals surface area (Å²) in [5.74, 6) is 1.72. The summed E-state index contributed by atoms with van der Waals surface area (Å²) < 4.78 is 10.9. The molecule has 0 heterocycles. The van der Waals surface area contributed by atoms with Gasteiger partial charge in [-0.05, 0) is 39.9 Å². The predicted octanol–water partition coefficient (Wildman–Crippen LogP) is 2.28. The highest BCUT2D eigenvalue weighted by Crippen LogP contribution is 2.27. The summed E-state index contributed by atoms with van der Waals surface area (Å²) in [4.78, 5) is 6.48. The first-order valence-electron chi connectivity index (χ1n) is 8.95. The molecule has 0 spiro atoms. The Morgan fingerprint density at radius 2 is 1.96 bits per heavy atom. The van der Waals surface area contributed by atoms with Crippen LogP contribution in [0.2, 0.25) is 0 Å². The molecule has 1 atom stereocenters. The van der Waals surface area contributed by atoms with Crippen LogP contribution in [-0.2, 0) is 4.74 Å². The zero-order valence-corrected chi connectivity index (χ0v) is 16.3. The molecule has 2 N–H and O–H groups in total. The molecule has 6 heteroatoms. The highest BCUT2D eigenvalue weighted by atomic mass is 16.5. The van der Waals surface area contributed by atoms with Crippen LogP contribution in [0.1, 0.15) is 31.4 Å². The molecule has 0 saturated heterocycles. The second-order valence-corrected chi connectivity index (χ2v) is 6.01. The number of unbranched alkanes of at least 4 members (excludes halogenated alkanes) is 1. The van der Waals surface area contributed by atoms with Gasteiger partial charge in [-0.25, -0.2) is 0 Å². The first kappa shape index (κ1) is 21.3. The maximum absolute atomic E-state index is 5.51. The van der Waals surface area contributed by atoms with Gasteiger partial charge in [0.15, 0.2) is 5.96 Å². The molecule has 1 rings (SSSR count). The molecule has 1 unspecified atom stereocenters. The molecule has 0 aromatic heterocycles. The quantitative estimate of drug-likeness (QED) is 0.364. The fourth-order valence-electron chi connectivity index (χ4n) is 2.61. The molecular formula is C19H34N4O2. The highest BCUT2D eigenvalue weighted by molar-refractivity contribution is 5.79. The number of guanidine groups is 1. The molecule has 1 aromatic carbocycles. The zero-order chi connectivity index (χ0) is 18.5. The van der Waals surface area contributed by atoms with Gasteiger partial charge in [-0.3, -0.25) is 4.99 Å². The number of hydrogen-bond donors (Lipinski definition) is 2. The molecule has 0 bridgehead atoms. The van der Waals surface area contributed by atoms with Gasteiger partial charge in [0.25, 0.3) is 0 Å². The molecule has 142 valence electrons. The number of aliphatic imine (C=N–C) groups is 1. The van der Waals surface area contributed by atoms with Crippen molar-refractivity contribution < 1.29 is 9.47 Å². The van der Waals surface area contributed by atoms with Crippen molar-refractivity contribution in [3.63, 3.8) is 0 Å². The summed E-state index contributed by atoms with van der Waals surface area (Å²) in [6, 6.07) is 8.32. The Morgan fingerprint density at radius 1 is 1.20 bits per heavy atom. The van der Waals surface area contributed by atoms with Gasteiger partial charge in [0.2, 0.25) is 0 Å². The summed E-state index contributed by atoms with van der Waals surface area (Å²) in [7, 11) is 7.65. The molecule has 1 aromatic rings. The van der Waals surface area contributed by atoms with Crippen molar-refractivity contribution in [3.8, 4) is 5.75 Å². The molecular weight excluding hydrogens is 316 g/mol. The van der Waals surface area contributed by atoms with Crippen LogP contribution in [0, 0.1) is 0 Å². The average molecular weight is 351 g/mol. The first-order valence-corrected chi connectivity index (χ1v) is 8.95. The second kappa shape index (κ2) is 12.6. The van der Waals surface area contributed by atoms with E-state index in [0.717, 1.165) is 56.4 Å². The number of benzene rings is 1. The van der Waals surface area contributed by atoms with E-state index in [2.05, 4.69) is 40.7 Å². The van der Waals surface area contributed by atoms with Gasteiger partial charge in [0.1, 0.15) is 5.75 Å². The second-order valence-electron chi connectivity index (χ2n) is 6.01. The maximum atomic E-state index is 5.51. The number of hydrogen-bond acceptors (Lipinski definition) is 4. The van der Waals surface area contributed by atoms with Crippen LogP contribution in [0.4, 0.5) is 0 Å². The lowest BCUT2D eigenvalue weighted by Gasteiger charge is -2.27. The van der Waals surface area contributed by atoms with Gasteiger partial charge in [0, 0.05) is 38.9 Å². The molecule has 25 heavy (non-hydrogen) atoms. The Labute approximate surface area is 152 Å². The van der Waals surface area contributed by atoms with Crippen LogP contribution >= 0.6 is 0 Å². The van der Waals surface area contributed by atoms with Crippen LogP contribution < -0.4 is 15.4 Å². The first-order chi connectivity index (χ1) is 12.1. The van der Waals surface area contributed by atoms with Crippen LogP contribution in [0.25, 0.3) is 0 Å². The molecule has 6 nitrogen and oxygen atoms in total. The number of likely N-dealkylation sites (N-methyl/N-ethyl adjacent to an activating group) is 1. The SMILES string of the molecule is CCOCCCCNC(=NC)NCC(c1ccccc1OC)N(C)C. The monoisotopic (exact) mass is 350 g/mol. The Balaban J connectivity index is 2.52. The number of nitrogens with zero attached hydrogens (tertiary/aromatic N) is 2. The van der Waals surface area contributed by atoms with E-state index in [1.807, 2.05) is 25.1 Å². The third-order valence-electron chi connectivity index (χ3n) is 4.02. The van der Waals surface area contributed by atoms with E-state index in [0.29, 0.717) is 0 Å². The van der Waals surface area contributed by atoms with E-state index in [4.69, 9.17) is 9.47 Å². The van der Waals surface area contributed by atoms with Crippen LogP contribution in [0.5, 0.6) is 5.75 Å². The standard InChI is InChI=1S/C19H34N4O2/c1-6-25-14-10-9-13-21-19(20-2)22-15-17(23(3)4)16-11-7-8-12-18(16)24-5/h7-8,11-12,17H,6,9-10,13-15H2,1-5H3,(H2,20,21,22). The van der Waals surface area contributed by atoms with Gasteiger partial charge in [-0.15, -0.1) is 0 Å². The summed E-state index contributed by atoms with van der Waals surface area (Å²) >= 11 is 0. The van der Waals surface area contributed by atoms with Crippen molar-refractivity contribution in [2.75, 3.05) is 54.6 Å². The normalized spacial score (nSPS) is 13.0. The van der Waals surface area contributed by atoms with E-state index in [1.165, 1.54) is 0 Å². The van der Waals surface area contributed by atoms with Gasteiger partial charge >= 0.3 is 0 Å². The number of para-hydroxylation sites is 1. The lowest BCUT2D eigenvalue weighted by atomic mass is 10.0. The van der Waals surface area contributed by atoms with E-state index < -0.39 is 0 Å². The van der Waals surface area contributed by atoms with E-state index in [1.54, 1.807) is 14.2 Å². The Kier molecular flexibility index (Phi) is 10.7. The summed E-state index contributed by atoms with van der Waals surface area (Å²) in [5.41, 5.74) is 1.16. The van der Waals surface area contributed by atoms with Gasteiger partial charge in [-0.1, -0.05) is 18.2 Å². The largest absolute Gasteiger partial charge is 0.496 e. The zero-order valence-electron chi connectivity index (χ0n) is 16.3. The Bertz CT molecular complexity index is 506. The molecule has 0 amide bonds. The predicted molar refractivity (Wildman–Crippen MR) is 105 cm³/mol. The van der Waals surface area contributed by atoms with Crippen molar-refractivity contribution >= 4 is 5.96 Å². The van der Waals surface area contributed by atoms with Crippen molar-refractivity contribution in [1.82, 2.24) is 15.5 Å². The van der Waals surface area contributed by atoms with E-state index in [-0.39, 0.29) is 6.04 Å². The van der Waals surface area contributed by atoms with Crippen LogP contribution in [-0.4, -0.2) is 65.4 Å². The minimum atomic E-state index is 0.188. The molecule has 0 aliphatic rings. The minimum Gasteiger partial charge on any atom is -0.496 e. The van der Waals surface area contributed by atoms with Crippen molar-refractivity contribution in [2.45, 2.75) is 25.8 Å². The molecule has 0 fully saturated rings.